The minimum atomic E-state index is -0.187. The van der Waals surface area contributed by atoms with Crippen molar-refractivity contribution in [3.05, 3.63) is 94.9 Å². The number of hydrogen-bond donors (Lipinski definition) is 2. The van der Waals surface area contributed by atoms with Crippen LogP contribution in [0, 0.1) is 0 Å². The number of amides is 1. The molecule has 33 heavy (non-hydrogen) atoms. The Kier molecular flexibility index (Phi) is 7.73. The number of furan rings is 1. The standard InChI is InChI=1S/C25H28N4O4/c26-24(21-6-1-4-19(14-21)17-29-9-12-31-13-10-29)28-33-18-20-5-2-7-22(15-20)25(30)27-16-23-8-3-11-32-23/h1-8,11,14-15H,9-10,12-13,16-18H2,(H2,26,28)(H,27,30). The molecule has 4 rings (SSSR count). The fourth-order valence-corrected chi connectivity index (χ4v) is 3.56. The summed E-state index contributed by atoms with van der Waals surface area (Å²) < 4.78 is 10.6. The molecule has 3 N–H and O–H groups in total. The van der Waals surface area contributed by atoms with E-state index in [0.717, 1.165) is 44.0 Å². The number of ether oxygens (including phenoxy) is 1. The number of amidine groups is 1. The lowest BCUT2D eigenvalue weighted by Gasteiger charge is -2.26. The van der Waals surface area contributed by atoms with E-state index in [1.54, 1.807) is 24.5 Å². The van der Waals surface area contributed by atoms with Gasteiger partial charge in [-0.15, -0.1) is 0 Å². The third-order valence-electron chi connectivity index (χ3n) is 5.32. The molecule has 172 valence electrons. The average molecular weight is 449 g/mol. The third-order valence-corrected chi connectivity index (χ3v) is 5.32. The van der Waals surface area contributed by atoms with Gasteiger partial charge in [-0.05, 0) is 41.5 Å². The zero-order valence-electron chi connectivity index (χ0n) is 18.4. The molecule has 3 aromatic rings. The third kappa shape index (κ3) is 6.68. The second-order valence-electron chi connectivity index (χ2n) is 7.80. The second-order valence-corrected chi connectivity index (χ2v) is 7.80. The number of nitrogens with one attached hydrogen (secondary N) is 1. The van der Waals surface area contributed by atoms with Gasteiger partial charge < -0.3 is 25.0 Å². The van der Waals surface area contributed by atoms with Gasteiger partial charge >= 0.3 is 0 Å². The molecule has 1 aliphatic rings. The smallest absolute Gasteiger partial charge is 0.251 e. The van der Waals surface area contributed by atoms with Crippen molar-refractivity contribution in [1.29, 1.82) is 0 Å². The first-order valence-electron chi connectivity index (χ1n) is 10.9. The van der Waals surface area contributed by atoms with E-state index >= 15 is 0 Å². The first-order chi connectivity index (χ1) is 16.2. The highest BCUT2D eigenvalue weighted by molar-refractivity contribution is 5.97. The summed E-state index contributed by atoms with van der Waals surface area (Å²) in [5.41, 5.74) is 9.48. The van der Waals surface area contributed by atoms with E-state index in [2.05, 4.69) is 21.4 Å². The zero-order valence-corrected chi connectivity index (χ0v) is 18.4. The molecule has 1 saturated heterocycles. The van der Waals surface area contributed by atoms with Crippen molar-refractivity contribution in [2.24, 2.45) is 10.9 Å². The summed E-state index contributed by atoms with van der Waals surface area (Å²) in [6.45, 7) is 4.77. The Morgan fingerprint density at radius 2 is 1.79 bits per heavy atom. The Balaban J connectivity index is 1.30. The molecule has 0 bridgehead atoms. The summed E-state index contributed by atoms with van der Waals surface area (Å²) in [6, 6.07) is 18.8. The summed E-state index contributed by atoms with van der Waals surface area (Å²) in [5.74, 6) is 0.821. The summed E-state index contributed by atoms with van der Waals surface area (Å²) in [5, 5.41) is 6.90. The van der Waals surface area contributed by atoms with E-state index in [9.17, 15) is 4.79 Å². The van der Waals surface area contributed by atoms with Crippen LogP contribution in [-0.2, 0) is 29.3 Å². The predicted molar refractivity (Wildman–Crippen MR) is 124 cm³/mol. The quantitative estimate of drug-likeness (QED) is 0.297. The van der Waals surface area contributed by atoms with E-state index < -0.39 is 0 Å². The monoisotopic (exact) mass is 448 g/mol. The van der Waals surface area contributed by atoms with Crippen LogP contribution < -0.4 is 11.1 Å². The number of carbonyl (C=O) groups is 1. The van der Waals surface area contributed by atoms with Crippen LogP contribution >= 0.6 is 0 Å². The van der Waals surface area contributed by atoms with Gasteiger partial charge in [-0.3, -0.25) is 9.69 Å². The Bertz CT molecular complexity index is 1080. The number of carbonyl (C=O) groups excluding carboxylic acids is 1. The van der Waals surface area contributed by atoms with E-state index in [0.29, 0.717) is 23.7 Å². The molecule has 0 spiro atoms. The van der Waals surface area contributed by atoms with Gasteiger partial charge in [0.15, 0.2) is 5.84 Å². The van der Waals surface area contributed by atoms with Gasteiger partial charge in [0.25, 0.3) is 5.91 Å². The second kappa shape index (κ2) is 11.3. The minimum Gasteiger partial charge on any atom is -0.467 e. The first kappa shape index (κ1) is 22.6. The number of morpholine rings is 1. The summed E-state index contributed by atoms with van der Waals surface area (Å²) in [7, 11) is 0. The number of benzene rings is 2. The van der Waals surface area contributed by atoms with Crippen molar-refractivity contribution in [3.63, 3.8) is 0 Å². The van der Waals surface area contributed by atoms with Crippen LogP contribution in [0.25, 0.3) is 0 Å². The van der Waals surface area contributed by atoms with Crippen molar-refractivity contribution in [2.45, 2.75) is 19.7 Å². The van der Waals surface area contributed by atoms with Crippen LogP contribution in [0.15, 0.2) is 76.5 Å². The van der Waals surface area contributed by atoms with Crippen molar-refractivity contribution in [2.75, 3.05) is 26.3 Å². The number of oxime groups is 1. The van der Waals surface area contributed by atoms with Crippen LogP contribution in [0.5, 0.6) is 0 Å². The maximum Gasteiger partial charge on any atom is 0.251 e. The molecule has 8 nitrogen and oxygen atoms in total. The predicted octanol–water partition coefficient (Wildman–Crippen LogP) is 2.88. The van der Waals surface area contributed by atoms with Crippen molar-refractivity contribution < 1.29 is 18.8 Å². The molecule has 1 aromatic heterocycles. The first-order valence-corrected chi connectivity index (χ1v) is 10.9. The highest BCUT2D eigenvalue weighted by Crippen LogP contribution is 2.11. The molecule has 2 heterocycles. The highest BCUT2D eigenvalue weighted by Gasteiger charge is 2.11. The normalized spacial score (nSPS) is 14.7. The van der Waals surface area contributed by atoms with E-state index in [1.807, 2.05) is 36.4 Å². The van der Waals surface area contributed by atoms with Gasteiger partial charge in [-0.2, -0.15) is 0 Å². The molecule has 2 aromatic carbocycles. The summed E-state index contributed by atoms with van der Waals surface area (Å²) in [6.07, 6.45) is 1.58. The Hall–Kier alpha value is -3.62. The maximum absolute atomic E-state index is 12.4. The van der Waals surface area contributed by atoms with Gasteiger partial charge in [-0.25, -0.2) is 0 Å². The summed E-state index contributed by atoms with van der Waals surface area (Å²) in [4.78, 5) is 20.2. The van der Waals surface area contributed by atoms with Crippen LogP contribution in [-0.4, -0.2) is 42.9 Å². The Morgan fingerprint density at radius 1 is 1.03 bits per heavy atom. The fraction of sp³-hybridized carbons (Fsp3) is 0.280. The molecule has 0 saturated carbocycles. The molecular formula is C25H28N4O4. The largest absolute Gasteiger partial charge is 0.467 e. The molecule has 8 heteroatoms. The number of nitrogens with two attached hydrogens (primary N) is 1. The molecule has 0 atom stereocenters. The fourth-order valence-electron chi connectivity index (χ4n) is 3.56. The lowest BCUT2D eigenvalue weighted by molar-refractivity contribution is 0.0342. The van der Waals surface area contributed by atoms with E-state index in [-0.39, 0.29) is 12.5 Å². The highest BCUT2D eigenvalue weighted by atomic mass is 16.6. The minimum absolute atomic E-state index is 0.187. The molecule has 0 aliphatic carbocycles. The van der Waals surface area contributed by atoms with Crippen LogP contribution in [0.3, 0.4) is 0 Å². The van der Waals surface area contributed by atoms with Gasteiger partial charge in [0.2, 0.25) is 0 Å². The van der Waals surface area contributed by atoms with Crippen LogP contribution in [0.1, 0.15) is 32.8 Å². The Labute approximate surface area is 193 Å². The summed E-state index contributed by atoms with van der Waals surface area (Å²) >= 11 is 0. The van der Waals surface area contributed by atoms with Crippen LogP contribution in [0.4, 0.5) is 0 Å². The SMILES string of the molecule is N/C(=N/OCc1cccc(C(=O)NCc2ccco2)c1)c1cccc(CN2CCOCC2)c1. The molecule has 1 amide bonds. The number of hydrogen-bond acceptors (Lipinski definition) is 6. The Morgan fingerprint density at radius 3 is 2.58 bits per heavy atom. The van der Waals surface area contributed by atoms with Gasteiger partial charge in [0.05, 0.1) is 26.0 Å². The van der Waals surface area contributed by atoms with Crippen LogP contribution in [0.2, 0.25) is 0 Å². The zero-order chi connectivity index (χ0) is 22.9. The van der Waals surface area contributed by atoms with E-state index in [1.165, 1.54) is 5.56 Å². The van der Waals surface area contributed by atoms with Crippen molar-refractivity contribution >= 4 is 11.7 Å². The molecule has 0 radical (unpaired) electrons. The average Bonchev–Trinajstić information content (AvgIpc) is 3.37. The molecule has 0 unspecified atom stereocenters. The maximum atomic E-state index is 12.4. The molecule has 1 fully saturated rings. The van der Waals surface area contributed by atoms with Crippen molar-refractivity contribution in [3.8, 4) is 0 Å². The van der Waals surface area contributed by atoms with Gasteiger partial charge in [0, 0.05) is 30.8 Å². The number of rotatable bonds is 9. The van der Waals surface area contributed by atoms with Gasteiger partial charge in [0.1, 0.15) is 12.4 Å². The molecule has 1 aliphatic heterocycles. The number of nitrogens with zero attached hydrogens (tertiary/aromatic N) is 2. The lowest BCUT2D eigenvalue weighted by Crippen LogP contribution is -2.35. The van der Waals surface area contributed by atoms with Gasteiger partial charge in [-0.1, -0.05) is 35.5 Å². The topological polar surface area (TPSA) is 102 Å². The van der Waals surface area contributed by atoms with E-state index in [4.69, 9.17) is 19.7 Å². The van der Waals surface area contributed by atoms with Crippen molar-refractivity contribution in [1.82, 2.24) is 10.2 Å². The lowest BCUT2D eigenvalue weighted by atomic mass is 10.1. The molecular weight excluding hydrogens is 420 g/mol.